The molecule has 0 saturated carbocycles. The van der Waals surface area contributed by atoms with E-state index < -0.39 is 18.9 Å². The van der Waals surface area contributed by atoms with Gasteiger partial charge in [0.15, 0.2) is 5.69 Å². The summed E-state index contributed by atoms with van der Waals surface area (Å²) in [5.74, 6) is -1.34. The van der Waals surface area contributed by atoms with Gasteiger partial charge in [0, 0.05) is 10.9 Å². The number of carbonyl (C=O) groups is 2. The molecule has 0 aliphatic heterocycles. The van der Waals surface area contributed by atoms with Crippen molar-refractivity contribution < 1.29 is 19.6 Å². The van der Waals surface area contributed by atoms with Gasteiger partial charge in [-0.15, -0.1) is 0 Å². The molecular weight excluding hydrogens is 375 g/mol. The summed E-state index contributed by atoms with van der Waals surface area (Å²) in [6.07, 6.45) is 0. The minimum Gasteiger partial charge on any atom is -0.423 e. The van der Waals surface area contributed by atoms with Crippen molar-refractivity contribution in [1.29, 1.82) is 0 Å². The van der Waals surface area contributed by atoms with E-state index in [9.17, 15) is 24.4 Å². The number of hydrogen-bond acceptors (Lipinski definition) is 6. The molecule has 0 spiro atoms. The minimum atomic E-state index is -1.72. The molecule has 29 heavy (non-hydrogen) atoms. The molecule has 3 rings (SSSR count). The van der Waals surface area contributed by atoms with Crippen LogP contribution in [0.25, 0.3) is 10.8 Å². The zero-order chi connectivity index (χ0) is 21.1. The van der Waals surface area contributed by atoms with Gasteiger partial charge in [-0.2, -0.15) is 5.10 Å². The van der Waals surface area contributed by atoms with Crippen molar-refractivity contribution in [1.82, 2.24) is 20.6 Å². The molecular formula is C19H19BN4O5. The van der Waals surface area contributed by atoms with E-state index in [2.05, 4.69) is 16.0 Å². The third-order valence-corrected chi connectivity index (χ3v) is 4.27. The molecule has 2 aromatic carbocycles. The Balaban J connectivity index is 1.87. The highest BCUT2D eigenvalue weighted by Gasteiger charge is 2.19. The molecule has 0 saturated heterocycles. The van der Waals surface area contributed by atoms with E-state index in [0.29, 0.717) is 10.8 Å². The molecule has 1 aromatic heterocycles. The standard InChI is InChI=1S/C19H19BN4O5/c1-11(2)24-19(27)15-9-4-3-8-14(15)16(23-24)18(26)22-21-17(25)12-6-5-7-13(10-12)20(28)29/h3-11,28-29H,1-2H3,(H,21,25)(H,22,26). The molecule has 3 aromatic rings. The average Bonchev–Trinajstić information content (AvgIpc) is 2.72. The van der Waals surface area contributed by atoms with E-state index in [4.69, 9.17) is 0 Å². The summed E-state index contributed by atoms with van der Waals surface area (Å²) in [4.78, 5) is 37.5. The van der Waals surface area contributed by atoms with Gasteiger partial charge >= 0.3 is 7.12 Å². The summed E-state index contributed by atoms with van der Waals surface area (Å²) in [7, 11) is -1.72. The van der Waals surface area contributed by atoms with Gasteiger partial charge in [0.25, 0.3) is 17.4 Å². The number of hydrazine groups is 1. The van der Waals surface area contributed by atoms with Crippen LogP contribution >= 0.6 is 0 Å². The average molecular weight is 394 g/mol. The van der Waals surface area contributed by atoms with Gasteiger partial charge in [0.2, 0.25) is 0 Å². The normalized spacial score (nSPS) is 10.8. The number of fused-ring (bicyclic) bond motifs is 1. The zero-order valence-electron chi connectivity index (χ0n) is 15.8. The summed E-state index contributed by atoms with van der Waals surface area (Å²) in [5.41, 5.74) is 4.49. The Morgan fingerprint density at radius 1 is 1.00 bits per heavy atom. The molecule has 1 heterocycles. The number of nitrogens with zero attached hydrogens (tertiary/aromatic N) is 2. The second-order valence-electron chi connectivity index (χ2n) is 6.65. The van der Waals surface area contributed by atoms with E-state index in [1.165, 1.54) is 28.9 Å². The fraction of sp³-hybridized carbons (Fsp3) is 0.158. The molecule has 10 heteroatoms. The van der Waals surface area contributed by atoms with Crippen LogP contribution in [0.5, 0.6) is 0 Å². The van der Waals surface area contributed by atoms with Gasteiger partial charge in [-0.1, -0.05) is 30.3 Å². The minimum absolute atomic E-state index is 0.00580. The van der Waals surface area contributed by atoms with Crippen LogP contribution in [0.2, 0.25) is 0 Å². The summed E-state index contributed by atoms with van der Waals surface area (Å²) < 4.78 is 1.21. The molecule has 0 unspecified atom stereocenters. The van der Waals surface area contributed by atoms with E-state index in [1.807, 2.05) is 0 Å². The number of benzene rings is 2. The molecule has 0 atom stereocenters. The van der Waals surface area contributed by atoms with Gasteiger partial charge in [0.1, 0.15) is 0 Å². The largest absolute Gasteiger partial charge is 0.488 e. The molecule has 4 N–H and O–H groups in total. The van der Waals surface area contributed by atoms with Gasteiger partial charge in [-0.05, 0) is 37.5 Å². The van der Waals surface area contributed by atoms with E-state index in [1.54, 1.807) is 38.1 Å². The Kier molecular flexibility index (Phi) is 5.76. The Hall–Kier alpha value is -3.50. The van der Waals surface area contributed by atoms with Crippen LogP contribution in [0, 0.1) is 0 Å². The fourth-order valence-corrected chi connectivity index (χ4v) is 2.81. The topological polar surface area (TPSA) is 134 Å². The van der Waals surface area contributed by atoms with Crippen LogP contribution in [0.3, 0.4) is 0 Å². The van der Waals surface area contributed by atoms with E-state index >= 15 is 0 Å². The molecule has 0 aliphatic carbocycles. The lowest BCUT2D eigenvalue weighted by molar-refractivity contribution is 0.0843. The maximum Gasteiger partial charge on any atom is 0.488 e. The van der Waals surface area contributed by atoms with Crippen LogP contribution in [0.1, 0.15) is 40.7 Å². The first-order valence-electron chi connectivity index (χ1n) is 8.88. The maximum atomic E-state index is 12.7. The summed E-state index contributed by atoms with van der Waals surface area (Å²) in [5, 5.41) is 23.3. The number of rotatable bonds is 4. The van der Waals surface area contributed by atoms with Crippen molar-refractivity contribution >= 4 is 35.2 Å². The molecule has 0 radical (unpaired) electrons. The highest BCUT2D eigenvalue weighted by Crippen LogP contribution is 2.14. The number of nitrogens with one attached hydrogen (secondary N) is 2. The number of carbonyl (C=O) groups excluding carboxylic acids is 2. The van der Waals surface area contributed by atoms with Crippen molar-refractivity contribution in [2.75, 3.05) is 0 Å². The first kappa shape index (κ1) is 20.2. The van der Waals surface area contributed by atoms with Crippen LogP contribution in [0.15, 0.2) is 53.3 Å². The summed E-state index contributed by atoms with van der Waals surface area (Å²) in [6, 6.07) is 12.0. The van der Waals surface area contributed by atoms with E-state index in [-0.39, 0.29) is 28.3 Å². The predicted octanol–water partition coefficient (Wildman–Crippen LogP) is -0.268. The molecule has 0 bridgehead atoms. The SMILES string of the molecule is CC(C)n1nc(C(=O)NNC(=O)c2cccc(B(O)O)c2)c2ccccc2c1=O. The van der Waals surface area contributed by atoms with Crippen molar-refractivity contribution in [3.8, 4) is 0 Å². The summed E-state index contributed by atoms with van der Waals surface area (Å²) >= 11 is 0. The van der Waals surface area contributed by atoms with Gasteiger partial charge in [-0.25, -0.2) is 4.68 Å². The first-order chi connectivity index (χ1) is 13.8. The number of amides is 2. The first-order valence-corrected chi connectivity index (χ1v) is 8.88. The highest BCUT2D eigenvalue weighted by molar-refractivity contribution is 6.58. The maximum absolute atomic E-state index is 12.7. The van der Waals surface area contributed by atoms with Crippen molar-refractivity contribution in [2.24, 2.45) is 0 Å². The quantitative estimate of drug-likeness (QED) is 0.356. The van der Waals surface area contributed by atoms with Gasteiger partial charge < -0.3 is 10.0 Å². The van der Waals surface area contributed by atoms with Crippen molar-refractivity contribution in [2.45, 2.75) is 19.9 Å². The Labute approximate surface area is 166 Å². The van der Waals surface area contributed by atoms with Crippen LogP contribution in [-0.2, 0) is 0 Å². The third-order valence-electron chi connectivity index (χ3n) is 4.27. The zero-order valence-corrected chi connectivity index (χ0v) is 15.8. The lowest BCUT2D eigenvalue weighted by atomic mass is 9.79. The van der Waals surface area contributed by atoms with Crippen LogP contribution in [-0.4, -0.2) is 38.8 Å². The monoisotopic (exact) mass is 394 g/mol. The van der Waals surface area contributed by atoms with Crippen LogP contribution in [0.4, 0.5) is 0 Å². The number of hydrogen-bond donors (Lipinski definition) is 4. The second kappa shape index (κ2) is 8.25. The molecule has 9 nitrogen and oxygen atoms in total. The van der Waals surface area contributed by atoms with Crippen molar-refractivity contribution in [3.05, 3.63) is 70.1 Å². The second-order valence-corrected chi connectivity index (χ2v) is 6.65. The molecule has 148 valence electrons. The number of aromatic nitrogens is 2. The van der Waals surface area contributed by atoms with Crippen molar-refractivity contribution in [3.63, 3.8) is 0 Å². The van der Waals surface area contributed by atoms with Crippen LogP contribution < -0.4 is 21.9 Å². The molecule has 0 aliphatic rings. The smallest absolute Gasteiger partial charge is 0.423 e. The Morgan fingerprint density at radius 3 is 2.31 bits per heavy atom. The lowest BCUT2D eigenvalue weighted by Crippen LogP contribution is -2.43. The lowest BCUT2D eigenvalue weighted by Gasteiger charge is -2.14. The Morgan fingerprint density at radius 2 is 1.66 bits per heavy atom. The van der Waals surface area contributed by atoms with Gasteiger partial charge in [-0.3, -0.25) is 25.2 Å². The Bertz CT molecular complexity index is 1140. The fourth-order valence-electron chi connectivity index (χ4n) is 2.81. The third kappa shape index (κ3) is 4.18. The molecule has 2 amide bonds. The van der Waals surface area contributed by atoms with E-state index in [0.717, 1.165) is 0 Å². The summed E-state index contributed by atoms with van der Waals surface area (Å²) in [6.45, 7) is 3.55. The highest BCUT2D eigenvalue weighted by atomic mass is 16.4. The van der Waals surface area contributed by atoms with Gasteiger partial charge in [0.05, 0.1) is 11.4 Å². The predicted molar refractivity (Wildman–Crippen MR) is 108 cm³/mol. The molecule has 0 fully saturated rings.